The Kier molecular flexibility index (Phi) is 4.35. The fourth-order valence-electron chi connectivity index (χ4n) is 1.69. The van der Waals surface area contributed by atoms with Crippen LogP contribution in [0.3, 0.4) is 0 Å². The van der Waals surface area contributed by atoms with E-state index < -0.39 is 0 Å². The van der Waals surface area contributed by atoms with Gasteiger partial charge in [0.2, 0.25) is 0 Å². The molecule has 0 aliphatic rings. The van der Waals surface area contributed by atoms with Crippen molar-refractivity contribution >= 4 is 23.2 Å². The largest absolute Gasteiger partial charge is 0.454 e. The molecule has 100 valence electrons. The van der Waals surface area contributed by atoms with Crippen molar-refractivity contribution < 1.29 is 4.74 Å². The van der Waals surface area contributed by atoms with Crippen molar-refractivity contribution in [2.45, 2.75) is 19.9 Å². The van der Waals surface area contributed by atoms with Gasteiger partial charge in [-0.15, -0.1) is 0 Å². The first kappa shape index (κ1) is 14.2. The zero-order valence-corrected chi connectivity index (χ0v) is 12.3. The van der Waals surface area contributed by atoms with Crippen LogP contribution in [-0.2, 0) is 0 Å². The summed E-state index contributed by atoms with van der Waals surface area (Å²) in [4.78, 5) is 0. The maximum Gasteiger partial charge on any atom is 0.146 e. The Labute approximate surface area is 123 Å². The van der Waals surface area contributed by atoms with E-state index in [2.05, 4.69) is 0 Å². The van der Waals surface area contributed by atoms with Crippen LogP contribution in [-0.4, -0.2) is 0 Å². The smallest absolute Gasteiger partial charge is 0.146 e. The molecule has 2 N–H and O–H groups in total. The van der Waals surface area contributed by atoms with E-state index in [0.29, 0.717) is 21.5 Å². The van der Waals surface area contributed by atoms with Gasteiger partial charge in [-0.25, -0.2) is 0 Å². The molecule has 2 nitrogen and oxygen atoms in total. The Morgan fingerprint density at radius 3 is 2.37 bits per heavy atom. The Bertz CT molecular complexity index is 597. The van der Waals surface area contributed by atoms with Crippen LogP contribution in [0.2, 0.25) is 10.0 Å². The van der Waals surface area contributed by atoms with Gasteiger partial charge in [-0.3, -0.25) is 0 Å². The molecule has 0 aliphatic heterocycles. The Morgan fingerprint density at radius 2 is 1.74 bits per heavy atom. The third-order valence-corrected chi connectivity index (χ3v) is 3.40. The fourth-order valence-corrected chi connectivity index (χ4v) is 2.07. The maximum atomic E-state index is 6.19. The van der Waals surface area contributed by atoms with Crippen molar-refractivity contribution in [2.24, 2.45) is 5.73 Å². The summed E-state index contributed by atoms with van der Waals surface area (Å²) in [6.45, 7) is 3.88. The molecule has 0 bridgehead atoms. The fraction of sp³-hybridized carbons (Fsp3) is 0.200. The second kappa shape index (κ2) is 5.83. The first-order chi connectivity index (χ1) is 8.97. The summed E-state index contributed by atoms with van der Waals surface area (Å²) in [7, 11) is 0. The van der Waals surface area contributed by atoms with E-state index >= 15 is 0 Å². The zero-order chi connectivity index (χ0) is 14.0. The van der Waals surface area contributed by atoms with Crippen LogP contribution in [0.4, 0.5) is 0 Å². The van der Waals surface area contributed by atoms with Crippen molar-refractivity contribution in [3.63, 3.8) is 0 Å². The summed E-state index contributed by atoms with van der Waals surface area (Å²) in [6, 6.07) is 11.1. The molecule has 2 aromatic rings. The van der Waals surface area contributed by atoms with E-state index in [1.54, 1.807) is 12.1 Å². The summed E-state index contributed by atoms with van der Waals surface area (Å²) in [5.41, 5.74) is 7.85. The predicted octanol–water partition coefficient (Wildman–Crippen LogP) is 5.11. The minimum atomic E-state index is -0.0610. The monoisotopic (exact) mass is 295 g/mol. The third kappa shape index (κ3) is 3.41. The van der Waals surface area contributed by atoms with Gasteiger partial charge in [0, 0.05) is 6.04 Å². The number of nitrogens with two attached hydrogens (primary N) is 1. The number of benzene rings is 2. The topological polar surface area (TPSA) is 35.2 Å². The SMILES string of the molecule is Cc1ccc(Cl)c(Oc2ccc([C@H](C)N)cc2Cl)c1. The van der Waals surface area contributed by atoms with Gasteiger partial charge < -0.3 is 10.5 Å². The second-order valence-corrected chi connectivity index (χ2v) is 5.33. The van der Waals surface area contributed by atoms with Crippen molar-refractivity contribution in [2.75, 3.05) is 0 Å². The number of hydrogen-bond donors (Lipinski definition) is 1. The molecule has 4 heteroatoms. The number of hydrogen-bond acceptors (Lipinski definition) is 2. The predicted molar refractivity (Wildman–Crippen MR) is 80.3 cm³/mol. The van der Waals surface area contributed by atoms with Gasteiger partial charge in [-0.05, 0) is 49.2 Å². The maximum absolute atomic E-state index is 6.19. The molecule has 0 radical (unpaired) electrons. The summed E-state index contributed by atoms with van der Waals surface area (Å²) < 4.78 is 5.75. The lowest BCUT2D eigenvalue weighted by Crippen LogP contribution is -2.04. The van der Waals surface area contributed by atoms with Crippen LogP contribution < -0.4 is 10.5 Å². The lowest BCUT2D eigenvalue weighted by molar-refractivity contribution is 0.482. The number of aryl methyl sites for hydroxylation is 1. The molecule has 19 heavy (non-hydrogen) atoms. The van der Waals surface area contributed by atoms with E-state index in [0.717, 1.165) is 11.1 Å². The lowest BCUT2D eigenvalue weighted by Gasteiger charge is -2.12. The van der Waals surface area contributed by atoms with E-state index in [1.807, 2.05) is 38.1 Å². The molecule has 0 aromatic heterocycles. The molecule has 0 saturated carbocycles. The molecule has 2 aromatic carbocycles. The number of rotatable bonds is 3. The van der Waals surface area contributed by atoms with Crippen LogP contribution >= 0.6 is 23.2 Å². The van der Waals surface area contributed by atoms with Gasteiger partial charge in [0.25, 0.3) is 0 Å². The van der Waals surface area contributed by atoms with Crippen LogP contribution in [0.5, 0.6) is 11.5 Å². The highest BCUT2D eigenvalue weighted by Gasteiger charge is 2.09. The molecule has 1 atom stereocenters. The Morgan fingerprint density at radius 1 is 1.00 bits per heavy atom. The minimum absolute atomic E-state index is 0.0610. The molecule has 0 spiro atoms. The van der Waals surface area contributed by atoms with Crippen molar-refractivity contribution in [1.82, 2.24) is 0 Å². The van der Waals surface area contributed by atoms with Crippen LogP contribution in [0, 0.1) is 6.92 Å². The summed E-state index contributed by atoms with van der Waals surface area (Å²) in [6.07, 6.45) is 0. The normalized spacial score (nSPS) is 12.3. The highest BCUT2D eigenvalue weighted by Crippen LogP contribution is 2.35. The molecule has 0 amide bonds. The average molecular weight is 296 g/mol. The van der Waals surface area contributed by atoms with Crippen LogP contribution in [0.1, 0.15) is 24.1 Å². The van der Waals surface area contributed by atoms with Gasteiger partial charge in [0.1, 0.15) is 11.5 Å². The minimum Gasteiger partial charge on any atom is -0.454 e. The van der Waals surface area contributed by atoms with Gasteiger partial charge in [0.15, 0.2) is 0 Å². The van der Waals surface area contributed by atoms with Crippen molar-refractivity contribution in [3.05, 3.63) is 57.6 Å². The molecule has 0 fully saturated rings. The summed E-state index contributed by atoms with van der Waals surface area (Å²) >= 11 is 12.3. The van der Waals surface area contributed by atoms with E-state index in [9.17, 15) is 0 Å². The van der Waals surface area contributed by atoms with Crippen molar-refractivity contribution in [1.29, 1.82) is 0 Å². The average Bonchev–Trinajstić information content (AvgIpc) is 2.36. The highest BCUT2D eigenvalue weighted by molar-refractivity contribution is 6.32. The molecular weight excluding hydrogens is 281 g/mol. The first-order valence-electron chi connectivity index (χ1n) is 5.96. The van der Waals surface area contributed by atoms with E-state index in [4.69, 9.17) is 33.7 Å². The molecule has 2 rings (SSSR count). The Hall–Kier alpha value is -1.22. The third-order valence-electron chi connectivity index (χ3n) is 2.79. The van der Waals surface area contributed by atoms with Gasteiger partial charge in [0.05, 0.1) is 10.0 Å². The molecule has 0 unspecified atom stereocenters. The molecule has 0 heterocycles. The van der Waals surface area contributed by atoms with E-state index in [1.165, 1.54) is 0 Å². The van der Waals surface area contributed by atoms with Gasteiger partial charge in [-0.1, -0.05) is 35.3 Å². The highest BCUT2D eigenvalue weighted by atomic mass is 35.5. The van der Waals surface area contributed by atoms with Crippen LogP contribution in [0.15, 0.2) is 36.4 Å². The molecular formula is C15H15Cl2NO. The number of halogens is 2. The van der Waals surface area contributed by atoms with Crippen LogP contribution in [0.25, 0.3) is 0 Å². The zero-order valence-electron chi connectivity index (χ0n) is 10.8. The second-order valence-electron chi connectivity index (χ2n) is 4.51. The quantitative estimate of drug-likeness (QED) is 0.853. The van der Waals surface area contributed by atoms with E-state index in [-0.39, 0.29) is 6.04 Å². The molecule has 0 saturated heterocycles. The standard InChI is InChI=1S/C15H15Cl2NO/c1-9-3-5-12(16)15(7-9)19-14-6-4-11(10(2)18)8-13(14)17/h3-8,10H,18H2,1-2H3/t10-/m0/s1. The summed E-state index contributed by atoms with van der Waals surface area (Å²) in [5, 5.41) is 1.07. The Balaban J connectivity index is 2.31. The molecule has 0 aliphatic carbocycles. The van der Waals surface area contributed by atoms with Gasteiger partial charge >= 0.3 is 0 Å². The van der Waals surface area contributed by atoms with Gasteiger partial charge in [-0.2, -0.15) is 0 Å². The lowest BCUT2D eigenvalue weighted by atomic mass is 10.1. The summed E-state index contributed by atoms with van der Waals surface area (Å²) in [5.74, 6) is 1.16. The van der Waals surface area contributed by atoms with Crippen molar-refractivity contribution in [3.8, 4) is 11.5 Å². The number of ether oxygens (including phenoxy) is 1. The first-order valence-corrected chi connectivity index (χ1v) is 6.72.